The van der Waals surface area contributed by atoms with Gasteiger partial charge in [-0.05, 0) is 28.9 Å². The highest BCUT2D eigenvalue weighted by molar-refractivity contribution is 9.10. The summed E-state index contributed by atoms with van der Waals surface area (Å²) in [5.41, 5.74) is -1.02. The fraction of sp³-hybridized carbons (Fsp3) is 0.222. The lowest BCUT2D eigenvalue weighted by molar-refractivity contribution is -0.137. The molecule has 0 aliphatic carbocycles. The summed E-state index contributed by atoms with van der Waals surface area (Å²) in [5, 5.41) is 7.63. The van der Waals surface area contributed by atoms with Crippen LogP contribution in [0.2, 0.25) is 5.02 Å². The van der Waals surface area contributed by atoms with Gasteiger partial charge in [-0.15, -0.1) is 11.3 Å². The third-order valence-corrected chi connectivity index (χ3v) is 6.34. The number of amides is 2. The summed E-state index contributed by atoms with van der Waals surface area (Å²) in [6.45, 7) is 1.66. The van der Waals surface area contributed by atoms with Crippen LogP contribution in [0.25, 0.3) is 0 Å². The van der Waals surface area contributed by atoms with Crippen LogP contribution in [0.3, 0.4) is 0 Å². The largest absolute Gasteiger partial charge is 0.418 e. The van der Waals surface area contributed by atoms with Gasteiger partial charge in [0.15, 0.2) is 0 Å². The number of aromatic nitrogens is 4. The smallest absolute Gasteiger partial charge is 0.372 e. The van der Waals surface area contributed by atoms with Crippen molar-refractivity contribution >= 4 is 62.3 Å². The Morgan fingerprint density at radius 3 is 2.55 bits per heavy atom. The molecule has 0 spiro atoms. The molecule has 3 rings (SSSR count). The van der Waals surface area contributed by atoms with Crippen molar-refractivity contribution < 1.29 is 22.8 Å². The predicted molar refractivity (Wildman–Crippen MR) is 119 cm³/mol. The Morgan fingerprint density at radius 2 is 1.88 bits per heavy atom. The number of thiazole rings is 1. The summed E-state index contributed by atoms with van der Waals surface area (Å²) < 4.78 is 39.4. The van der Waals surface area contributed by atoms with E-state index in [1.807, 2.05) is 0 Å². The molecule has 0 aromatic carbocycles. The zero-order valence-corrected chi connectivity index (χ0v) is 19.9. The van der Waals surface area contributed by atoms with E-state index in [2.05, 4.69) is 51.8 Å². The Balaban J connectivity index is 1.70. The van der Waals surface area contributed by atoms with Gasteiger partial charge in [-0.1, -0.05) is 11.6 Å². The van der Waals surface area contributed by atoms with Crippen molar-refractivity contribution in [2.75, 3.05) is 17.7 Å². The second-order valence-corrected chi connectivity index (χ2v) is 8.66. The van der Waals surface area contributed by atoms with Crippen LogP contribution in [0.1, 0.15) is 43.7 Å². The molecule has 0 saturated carbocycles. The first kappa shape index (κ1) is 24.8. The molecule has 0 saturated heterocycles. The number of pyridine rings is 1. The van der Waals surface area contributed by atoms with Gasteiger partial charge >= 0.3 is 6.18 Å². The fourth-order valence-electron chi connectivity index (χ4n) is 2.52. The summed E-state index contributed by atoms with van der Waals surface area (Å²) in [6.07, 6.45) is -1.41. The van der Waals surface area contributed by atoms with E-state index < -0.39 is 34.6 Å². The summed E-state index contributed by atoms with van der Waals surface area (Å²) in [4.78, 5) is 40.9. The lowest BCUT2D eigenvalue weighted by atomic mass is 10.2. The van der Waals surface area contributed by atoms with Gasteiger partial charge in [0.25, 0.3) is 11.8 Å². The number of anilines is 2. The van der Waals surface area contributed by atoms with Crippen molar-refractivity contribution in [3.8, 4) is 0 Å². The van der Waals surface area contributed by atoms with Crippen molar-refractivity contribution in [3.63, 3.8) is 0 Å². The third kappa shape index (κ3) is 5.75. The molecule has 3 heterocycles. The molecule has 3 aromatic rings. The second kappa shape index (κ2) is 9.97. The number of alkyl halides is 3. The Hall–Kier alpha value is -2.84. The standard InChI is InChI=1S/C18H14BrClF3N7O2S/c1-7(29-16(32)13-12(19)14(24-2)28-6-27-13)17-26-5-10(33-17)15(31)30-11-3-8(18(21,22)23)9(20)4-25-11/h3-7H,1-2H3,(H,29,32)(H,24,27,28)(H,25,30,31). The highest BCUT2D eigenvalue weighted by Crippen LogP contribution is 2.35. The molecule has 3 N–H and O–H groups in total. The van der Waals surface area contributed by atoms with Gasteiger partial charge in [0.05, 0.1) is 27.3 Å². The lowest BCUT2D eigenvalue weighted by Crippen LogP contribution is -2.28. The molecule has 0 bridgehead atoms. The van der Waals surface area contributed by atoms with E-state index in [9.17, 15) is 22.8 Å². The first-order valence-electron chi connectivity index (χ1n) is 9.00. The fourth-order valence-corrected chi connectivity index (χ4v) is 4.13. The summed E-state index contributed by atoms with van der Waals surface area (Å²) in [6, 6.07) is 0.0544. The van der Waals surface area contributed by atoms with Gasteiger partial charge in [-0.25, -0.2) is 19.9 Å². The molecular weight excluding hydrogens is 551 g/mol. The van der Waals surface area contributed by atoms with Gasteiger partial charge in [0.1, 0.15) is 33.5 Å². The molecule has 0 aliphatic heterocycles. The van der Waals surface area contributed by atoms with Crippen LogP contribution in [0, 0.1) is 0 Å². The molecule has 0 aliphatic rings. The average Bonchev–Trinajstić information content (AvgIpc) is 3.25. The zero-order valence-electron chi connectivity index (χ0n) is 16.8. The quantitative estimate of drug-likeness (QED) is 0.402. The highest BCUT2D eigenvalue weighted by atomic mass is 79.9. The Bertz CT molecular complexity index is 1210. The molecule has 15 heteroatoms. The van der Waals surface area contributed by atoms with Crippen molar-refractivity contribution in [2.45, 2.75) is 19.1 Å². The van der Waals surface area contributed by atoms with Gasteiger partial charge in [-0.3, -0.25) is 9.59 Å². The monoisotopic (exact) mass is 563 g/mol. The number of nitrogens with zero attached hydrogens (tertiary/aromatic N) is 4. The summed E-state index contributed by atoms with van der Waals surface area (Å²) >= 11 is 9.76. The van der Waals surface area contributed by atoms with Gasteiger partial charge in [0, 0.05) is 13.2 Å². The topological polar surface area (TPSA) is 122 Å². The van der Waals surface area contributed by atoms with Crippen LogP contribution >= 0.6 is 38.9 Å². The molecule has 1 unspecified atom stereocenters. The predicted octanol–water partition coefficient (Wildman–Crippen LogP) is 4.55. The number of rotatable bonds is 6. The number of carbonyl (C=O) groups is 2. The highest BCUT2D eigenvalue weighted by Gasteiger charge is 2.34. The van der Waals surface area contributed by atoms with E-state index in [-0.39, 0.29) is 16.4 Å². The van der Waals surface area contributed by atoms with E-state index >= 15 is 0 Å². The normalized spacial score (nSPS) is 12.2. The van der Waals surface area contributed by atoms with E-state index in [0.29, 0.717) is 21.4 Å². The number of hydrogen-bond acceptors (Lipinski definition) is 8. The van der Waals surface area contributed by atoms with Crippen molar-refractivity contribution in [1.29, 1.82) is 0 Å². The van der Waals surface area contributed by atoms with E-state index in [1.165, 1.54) is 12.5 Å². The molecule has 3 aromatic heterocycles. The van der Waals surface area contributed by atoms with E-state index in [0.717, 1.165) is 17.5 Å². The summed E-state index contributed by atoms with van der Waals surface area (Å²) in [5.74, 6) is -1.10. The Kier molecular flexibility index (Phi) is 7.49. The van der Waals surface area contributed by atoms with Crippen molar-refractivity contribution in [3.05, 3.63) is 55.4 Å². The third-order valence-electron chi connectivity index (χ3n) is 4.11. The lowest BCUT2D eigenvalue weighted by Gasteiger charge is -2.12. The first-order chi connectivity index (χ1) is 15.5. The van der Waals surface area contributed by atoms with Gasteiger partial charge in [0.2, 0.25) is 0 Å². The average molecular weight is 565 g/mol. The van der Waals surface area contributed by atoms with Gasteiger partial charge < -0.3 is 16.0 Å². The maximum atomic E-state index is 13.0. The number of halogens is 5. The van der Waals surface area contributed by atoms with Crippen LogP contribution in [-0.4, -0.2) is 38.8 Å². The van der Waals surface area contributed by atoms with E-state index in [1.54, 1.807) is 14.0 Å². The summed E-state index contributed by atoms with van der Waals surface area (Å²) in [7, 11) is 1.64. The van der Waals surface area contributed by atoms with Crippen LogP contribution in [0.15, 0.2) is 29.3 Å². The molecule has 0 radical (unpaired) electrons. The maximum Gasteiger partial charge on any atom is 0.418 e. The minimum absolute atomic E-state index is 0.102. The molecular formula is C18H14BrClF3N7O2S. The van der Waals surface area contributed by atoms with Gasteiger partial charge in [-0.2, -0.15) is 13.2 Å². The molecule has 1 atom stereocenters. The van der Waals surface area contributed by atoms with Crippen LogP contribution in [0.4, 0.5) is 24.8 Å². The van der Waals surface area contributed by atoms with Crippen LogP contribution in [0.5, 0.6) is 0 Å². The number of carbonyl (C=O) groups excluding carboxylic acids is 2. The zero-order chi connectivity index (χ0) is 24.3. The molecule has 0 fully saturated rings. The second-order valence-electron chi connectivity index (χ2n) is 6.39. The van der Waals surface area contributed by atoms with Crippen LogP contribution in [-0.2, 0) is 6.18 Å². The number of hydrogen-bond donors (Lipinski definition) is 3. The van der Waals surface area contributed by atoms with Crippen molar-refractivity contribution in [1.82, 2.24) is 25.3 Å². The Labute approximate surface area is 202 Å². The van der Waals surface area contributed by atoms with Crippen molar-refractivity contribution in [2.24, 2.45) is 0 Å². The minimum Gasteiger partial charge on any atom is -0.372 e. The molecule has 174 valence electrons. The molecule has 2 amide bonds. The number of nitrogens with one attached hydrogen (secondary N) is 3. The van der Waals surface area contributed by atoms with E-state index in [4.69, 9.17) is 11.6 Å². The SMILES string of the molecule is CNc1ncnc(C(=O)NC(C)c2ncc(C(=O)Nc3cc(C(F)(F)F)c(Cl)cn3)s2)c1Br. The minimum atomic E-state index is -4.70. The molecule has 33 heavy (non-hydrogen) atoms. The maximum absolute atomic E-state index is 13.0. The van der Waals surface area contributed by atoms with Crippen LogP contribution < -0.4 is 16.0 Å². The first-order valence-corrected chi connectivity index (χ1v) is 11.0. The Morgan fingerprint density at radius 1 is 1.15 bits per heavy atom. The molecule has 9 nitrogen and oxygen atoms in total.